The van der Waals surface area contributed by atoms with Crippen molar-refractivity contribution in [1.82, 2.24) is 19.5 Å². The maximum absolute atomic E-state index is 12.6. The number of aromatic nitrogens is 4. The lowest BCUT2D eigenvalue weighted by Crippen LogP contribution is -2.35. The lowest BCUT2D eigenvalue weighted by Gasteiger charge is -2.26. The first-order valence-corrected chi connectivity index (χ1v) is 9.33. The highest BCUT2D eigenvalue weighted by Crippen LogP contribution is 2.24. The van der Waals surface area contributed by atoms with Crippen LogP contribution in [0.4, 0.5) is 5.95 Å². The molecule has 0 amide bonds. The Labute approximate surface area is 168 Å². The fraction of sp³-hybridized carbons (Fsp3) is 0.286. The molecule has 1 aliphatic heterocycles. The van der Waals surface area contributed by atoms with Gasteiger partial charge in [0.2, 0.25) is 5.95 Å². The smallest absolute Gasteiger partial charge is 0.255 e. The molecule has 0 bridgehead atoms. The van der Waals surface area contributed by atoms with Gasteiger partial charge in [-0.15, -0.1) is 0 Å². The summed E-state index contributed by atoms with van der Waals surface area (Å²) in [6.45, 7) is 2.39. The van der Waals surface area contributed by atoms with Gasteiger partial charge in [-0.05, 0) is 23.8 Å². The minimum Gasteiger partial charge on any atom is -0.379 e. The first-order chi connectivity index (χ1) is 14.2. The van der Waals surface area contributed by atoms with E-state index in [1.807, 2.05) is 24.3 Å². The molecule has 1 fully saturated rings. The quantitative estimate of drug-likeness (QED) is 0.674. The van der Waals surface area contributed by atoms with Crippen LogP contribution in [-0.4, -0.2) is 45.8 Å². The Kier molecular flexibility index (Phi) is 5.31. The van der Waals surface area contributed by atoms with Crippen LogP contribution in [0.15, 0.2) is 53.7 Å². The van der Waals surface area contributed by atoms with Crippen molar-refractivity contribution < 1.29 is 4.74 Å². The van der Waals surface area contributed by atoms with Crippen molar-refractivity contribution in [3.05, 3.63) is 70.4 Å². The molecule has 2 aromatic heterocycles. The maximum atomic E-state index is 12.6. The van der Waals surface area contributed by atoms with Crippen molar-refractivity contribution in [2.75, 3.05) is 31.2 Å². The van der Waals surface area contributed by atoms with Gasteiger partial charge in [0.05, 0.1) is 36.2 Å². The van der Waals surface area contributed by atoms with E-state index < -0.39 is 0 Å². The summed E-state index contributed by atoms with van der Waals surface area (Å²) in [5.41, 5.74) is 2.69. The van der Waals surface area contributed by atoms with Crippen LogP contribution in [-0.2, 0) is 11.8 Å². The van der Waals surface area contributed by atoms with E-state index in [0.29, 0.717) is 49.2 Å². The van der Waals surface area contributed by atoms with Gasteiger partial charge in [0, 0.05) is 38.3 Å². The molecule has 1 atom stereocenters. The van der Waals surface area contributed by atoms with Gasteiger partial charge in [0.1, 0.15) is 6.33 Å². The number of ether oxygens (including phenoxy) is 1. The molecule has 8 nitrogen and oxygen atoms in total. The molecule has 0 aliphatic carbocycles. The average Bonchev–Trinajstić information content (AvgIpc) is 3.02. The molecule has 4 rings (SSSR count). The third-order valence-electron chi connectivity index (χ3n) is 5.01. The molecule has 0 saturated carbocycles. The second-order valence-corrected chi connectivity index (χ2v) is 6.88. The molecule has 3 heterocycles. The highest BCUT2D eigenvalue weighted by Gasteiger charge is 2.23. The van der Waals surface area contributed by atoms with Crippen molar-refractivity contribution in [3.63, 3.8) is 0 Å². The Hall–Kier alpha value is -3.57. The van der Waals surface area contributed by atoms with Gasteiger partial charge in [-0.25, -0.2) is 15.0 Å². The Morgan fingerprint density at radius 2 is 2.03 bits per heavy atom. The van der Waals surface area contributed by atoms with Crippen LogP contribution >= 0.6 is 0 Å². The van der Waals surface area contributed by atoms with Gasteiger partial charge >= 0.3 is 0 Å². The fourth-order valence-corrected chi connectivity index (χ4v) is 3.41. The Morgan fingerprint density at radius 3 is 2.76 bits per heavy atom. The molecule has 1 aromatic carbocycles. The first kappa shape index (κ1) is 18.8. The molecule has 0 spiro atoms. The van der Waals surface area contributed by atoms with Gasteiger partial charge < -0.3 is 9.64 Å². The third-order valence-corrected chi connectivity index (χ3v) is 5.01. The summed E-state index contributed by atoms with van der Waals surface area (Å²) in [7, 11) is 1.72. The number of benzene rings is 1. The second-order valence-electron chi connectivity index (χ2n) is 6.88. The van der Waals surface area contributed by atoms with Gasteiger partial charge in [-0.1, -0.05) is 12.1 Å². The standard InChI is InChI=1S/C21H20N6O2/c1-26-20(28)10-19(18-6-7-23-14-24-18)25-21(26)27-8-9-29-13-17(12-27)16-4-2-15(11-22)3-5-16/h2-7,10,14,17H,8-9,12-13H2,1H3/t17-/m0/s1. The molecule has 0 unspecified atom stereocenters. The molecule has 1 aliphatic rings. The number of anilines is 1. The minimum atomic E-state index is -0.149. The van der Waals surface area contributed by atoms with E-state index >= 15 is 0 Å². The fourth-order valence-electron chi connectivity index (χ4n) is 3.41. The highest BCUT2D eigenvalue weighted by atomic mass is 16.5. The van der Waals surface area contributed by atoms with Gasteiger partial charge in [0.25, 0.3) is 5.56 Å². The molecule has 0 N–H and O–H groups in total. The average molecular weight is 388 g/mol. The van der Waals surface area contributed by atoms with E-state index in [1.165, 1.54) is 12.4 Å². The van der Waals surface area contributed by atoms with Gasteiger partial charge in [-0.3, -0.25) is 9.36 Å². The van der Waals surface area contributed by atoms with Crippen molar-refractivity contribution >= 4 is 5.95 Å². The minimum absolute atomic E-state index is 0.102. The summed E-state index contributed by atoms with van der Waals surface area (Å²) in [4.78, 5) is 27.5. The lowest BCUT2D eigenvalue weighted by atomic mass is 9.98. The first-order valence-electron chi connectivity index (χ1n) is 9.33. The number of rotatable bonds is 3. The van der Waals surface area contributed by atoms with E-state index in [2.05, 4.69) is 20.9 Å². The monoisotopic (exact) mass is 388 g/mol. The van der Waals surface area contributed by atoms with Gasteiger partial charge in [0.15, 0.2) is 0 Å². The number of nitriles is 1. The third kappa shape index (κ3) is 4.00. The van der Waals surface area contributed by atoms with Crippen LogP contribution in [0.3, 0.4) is 0 Å². The summed E-state index contributed by atoms with van der Waals surface area (Å²) >= 11 is 0. The Bertz CT molecular complexity index is 1090. The van der Waals surface area contributed by atoms with E-state index in [1.54, 1.807) is 23.9 Å². The van der Waals surface area contributed by atoms with Gasteiger partial charge in [-0.2, -0.15) is 5.26 Å². The van der Waals surface area contributed by atoms with E-state index in [4.69, 9.17) is 15.0 Å². The van der Waals surface area contributed by atoms with Crippen molar-refractivity contribution in [3.8, 4) is 17.5 Å². The number of hydrogen-bond donors (Lipinski definition) is 0. The highest BCUT2D eigenvalue weighted by molar-refractivity contribution is 5.55. The van der Waals surface area contributed by atoms with Crippen molar-refractivity contribution in [1.29, 1.82) is 5.26 Å². The van der Waals surface area contributed by atoms with E-state index in [-0.39, 0.29) is 11.5 Å². The zero-order valence-electron chi connectivity index (χ0n) is 16.0. The SMILES string of the molecule is Cn1c(N2CCOC[C@@H](c3ccc(C#N)cc3)C2)nc(-c2ccncn2)cc1=O. The molecule has 0 radical (unpaired) electrons. The molecular formula is C21H20N6O2. The summed E-state index contributed by atoms with van der Waals surface area (Å²) in [6.07, 6.45) is 3.07. The summed E-state index contributed by atoms with van der Waals surface area (Å²) < 4.78 is 7.36. The van der Waals surface area contributed by atoms with Crippen LogP contribution < -0.4 is 10.5 Å². The van der Waals surface area contributed by atoms with Crippen LogP contribution in [0.25, 0.3) is 11.4 Å². The normalized spacial score (nSPS) is 16.8. The van der Waals surface area contributed by atoms with E-state index in [9.17, 15) is 4.79 Å². The number of nitrogens with zero attached hydrogens (tertiary/aromatic N) is 6. The topological polar surface area (TPSA) is 96.9 Å². The molecule has 3 aromatic rings. The predicted molar refractivity (Wildman–Crippen MR) is 107 cm³/mol. The maximum Gasteiger partial charge on any atom is 0.255 e. The van der Waals surface area contributed by atoms with E-state index in [0.717, 1.165) is 5.56 Å². The summed E-state index contributed by atoms with van der Waals surface area (Å²) in [6, 6.07) is 12.9. The van der Waals surface area contributed by atoms with Crippen LogP contribution in [0.2, 0.25) is 0 Å². The van der Waals surface area contributed by atoms with Crippen LogP contribution in [0, 0.1) is 11.3 Å². The summed E-state index contributed by atoms with van der Waals surface area (Å²) in [5, 5.41) is 9.02. The largest absolute Gasteiger partial charge is 0.379 e. The molecule has 29 heavy (non-hydrogen) atoms. The Morgan fingerprint density at radius 1 is 1.21 bits per heavy atom. The van der Waals surface area contributed by atoms with Crippen LogP contribution in [0.1, 0.15) is 17.0 Å². The van der Waals surface area contributed by atoms with Crippen molar-refractivity contribution in [2.24, 2.45) is 7.05 Å². The Balaban J connectivity index is 1.68. The van der Waals surface area contributed by atoms with Crippen molar-refractivity contribution in [2.45, 2.75) is 5.92 Å². The lowest BCUT2D eigenvalue weighted by molar-refractivity contribution is 0.142. The summed E-state index contributed by atoms with van der Waals surface area (Å²) in [5.74, 6) is 0.681. The zero-order chi connectivity index (χ0) is 20.2. The molecule has 146 valence electrons. The molecule has 1 saturated heterocycles. The predicted octanol–water partition coefficient (Wildman–Crippen LogP) is 1.73. The number of hydrogen-bond acceptors (Lipinski definition) is 7. The molecular weight excluding hydrogens is 368 g/mol. The zero-order valence-corrected chi connectivity index (χ0v) is 16.0. The molecule has 8 heteroatoms. The second kappa shape index (κ2) is 8.20. The van der Waals surface area contributed by atoms with Crippen LogP contribution in [0.5, 0.6) is 0 Å².